The second-order valence-corrected chi connectivity index (χ2v) is 6.29. The Morgan fingerprint density at radius 2 is 1.50 bits per heavy atom. The molecule has 0 bridgehead atoms. The van der Waals surface area contributed by atoms with Crippen molar-refractivity contribution >= 4 is 23.8 Å². The maximum absolute atomic E-state index is 12.6. The molecule has 0 aliphatic carbocycles. The van der Waals surface area contributed by atoms with Gasteiger partial charge in [-0.3, -0.25) is 19.2 Å². The van der Waals surface area contributed by atoms with E-state index in [4.69, 9.17) is 5.73 Å². The van der Waals surface area contributed by atoms with E-state index in [0.717, 1.165) is 26.4 Å². The van der Waals surface area contributed by atoms with Gasteiger partial charge in [-0.25, -0.2) is 0 Å². The van der Waals surface area contributed by atoms with Crippen molar-refractivity contribution in [2.24, 2.45) is 17.6 Å². The fourth-order valence-electron chi connectivity index (χ4n) is 2.67. The molecule has 0 heterocycles. The highest BCUT2D eigenvalue weighted by molar-refractivity contribution is 5.97. The highest BCUT2D eigenvalue weighted by atomic mass is 19.4. The van der Waals surface area contributed by atoms with E-state index in [-0.39, 0.29) is 5.56 Å². The lowest BCUT2D eigenvalue weighted by Crippen LogP contribution is -2.53. The van der Waals surface area contributed by atoms with Crippen molar-refractivity contribution < 1.29 is 46.9 Å². The molecule has 0 fully saturated rings. The molecular formula is C18H21F3N2O7. The first kappa shape index (κ1) is 24.9. The van der Waals surface area contributed by atoms with E-state index >= 15 is 0 Å². The van der Waals surface area contributed by atoms with Crippen molar-refractivity contribution in [1.82, 2.24) is 5.32 Å². The predicted octanol–water partition coefficient (Wildman–Crippen LogP) is 0.307. The number of carbonyl (C=O) groups is 4. The fourth-order valence-corrected chi connectivity index (χ4v) is 2.67. The molecule has 30 heavy (non-hydrogen) atoms. The number of ether oxygens (including phenoxy) is 2. The number of halogens is 3. The largest absolute Gasteiger partial charge is 0.468 e. The van der Waals surface area contributed by atoms with Gasteiger partial charge in [0.25, 0.3) is 5.91 Å². The van der Waals surface area contributed by atoms with E-state index in [1.165, 1.54) is 6.92 Å². The molecule has 0 radical (unpaired) electrons. The van der Waals surface area contributed by atoms with Crippen LogP contribution >= 0.6 is 0 Å². The maximum atomic E-state index is 12.6. The molecule has 3 atom stereocenters. The van der Waals surface area contributed by atoms with Gasteiger partial charge in [0.05, 0.1) is 19.8 Å². The Balaban J connectivity index is 3.06. The highest BCUT2D eigenvalue weighted by Gasteiger charge is 2.42. The molecule has 166 valence electrons. The van der Waals surface area contributed by atoms with Gasteiger partial charge >= 0.3 is 18.1 Å². The Hall–Kier alpha value is -3.15. The molecule has 0 aromatic heterocycles. The summed E-state index contributed by atoms with van der Waals surface area (Å²) in [5, 5.41) is 12.2. The number of nitrogens with one attached hydrogen (secondary N) is 1. The molecule has 9 nitrogen and oxygen atoms in total. The highest BCUT2D eigenvalue weighted by Crippen LogP contribution is 2.30. The molecule has 1 aromatic rings. The number of rotatable bonds is 8. The lowest BCUT2D eigenvalue weighted by molar-refractivity contribution is -0.162. The van der Waals surface area contributed by atoms with Crippen LogP contribution in [0.2, 0.25) is 0 Å². The van der Waals surface area contributed by atoms with Crippen LogP contribution < -0.4 is 11.1 Å². The number of nitrogens with two attached hydrogens (primary N) is 1. The van der Waals surface area contributed by atoms with Gasteiger partial charge in [-0.05, 0) is 17.7 Å². The van der Waals surface area contributed by atoms with Crippen LogP contribution in [0.5, 0.6) is 0 Å². The summed E-state index contributed by atoms with van der Waals surface area (Å²) in [4.78, 5) is 47.9. The topological polar surface area (TPSA) is 145 Å². The maximum Gasteiger partial charge on any atom is 0.416 e. The molecule has 0 saturated carbocycles. The van der Waals surface area contributed by atoms with Crippen molar-refractivity contribution in [2.75, 3.05) is 14.2 Å². The normalized spacial score (nSPS) is 14.4. The molecule has 0 aliphatic heterocycles. The van der Waals surface area contributed by atoms with E-state index in [9.17, 15) is 37.5 Å². The number of primary amides is 1. The quantitative estimate of drug-likeness (QED) is 0.394. The van der Waals surface area contributed by atoms with E-state index in [0.29, 0.717) is 12.1 Å². The number of esters is 2. The average molecular weight is 434 g/mol. The van der Waals surface area contributed by atoms with Gasteiger partial charge in [0.2, 0.25) is 5.91 Å². The minimum absolute atomic E-state index is 0.186. The van der Waals surface area contributed by atoms with Crippen LogP contribution in [0.3, 0.4) is 0 Å². The lowest BCUT2D eigenvalue weighted by atomic mass is 9.86. The Bertz CT molecular complexity index is 780. The van der Waals surface area contributed by atoms with Crippen LogP contribution in [-0.4, -0.2) is 49.1 Å². The molecule has 0 spiro atoms. The summed E-state index contributed by atoms with van der Waals surface area (Å²) in [5.41, 5.74) is 4.08. The molecule has 12 heteroatoms. The first-order chi connectivity index (χ1) is 13.8. The number of methoxy groups -OCH3 is 2. The molecule has 0 aliphatic rings. The third-order valence-electron chi connectivity index (χ3n) is 4.37. The number of benzene rings is 1. The zero-order valence-corrected chi connectivity index (χ0v) is 16.2. The Morgan fingerprint density at radius 3 is 1.87 bits per heavy atom. The predicted molar refractivity (Wildman–Crippen MR) is 94.2 cm³/mol. The third kappa shape index (κ3) is 5.92. The molecule has 1 rings (SSSR count). The first-order valence-electron chi connectivity index (χ1n) is 8.45. The summed E-state index contributed by atoms with van der Waals surface area (Å²) in [5.74, 6) is -7.24. The second kappa shape index (κ2) is 10.1. The Labute approximate surface area is 169 Å². The van der Waals surface area contributed by atoms with Crippen LogP contribution in [0.15, 0.2) is 24.3 Å². The van der Waals surface area contributed by atoms with Gasteiger partial charge in [0, 0.05) is 5.92 Å². The number of hydrogen-bond donors (Lipinski definition) is 3. The van der Waals surface area contributed by atoms with E-state index in [1.54, 1.807) is 0 Å². The summed E-state index contributed by atoms with van der Waals surface area (Å²) in [6.45, 7) is 1.25. The van der Waals surface area contributed by atoms with Gasteiger partial charge in [-0.15, -0.1) is 0 Å². The molecule has 2 amide bonds. The summed E-state index contributed by atoms with van der Waals surface area (Å²) in [7, 11) is 1.99. The second-order valence-electron chi connectivity index (χ2n) is 6.29. The van der Waals surface area contributed by atoms with Crippen LogP contribution in [-0.2, 0) is 34.8 Å². The fraction of sp³-hybridized carbons (Fsp3) is 0.444. The van der Waals surface area contributed by atoms with Crippen LogP contribution in [0, 0.1) is 11.8 Å². The standard InChI is InChI=1S/C18H21F3N2O7/c1-8(11(16(27)29-2)17(28)30-3)12(14(22)25)23-15(26)13(24)9-4-6-10(7-5-9)18(19,20)21/h4-8,11-13,24H,1-3H3,(H2,22,25)(H,23,26)/t8-,12-,13-/m0/s1. The van der Waals surface area contributed by atoms with Gasteiger partial charge in [-0.1, -0.05) is 19.1 Å². The van der Waals surface area contributed by atoms with Crippen molar-refractivity contribution in [2.45, 2.75) is 25.2 Å². The number of carbonyl (C=O) groups excluding carboxylic acids is 4. The summed E-state index contributed by atoms with van der Waals surface area (Å²) >= 11 is 0. The number of aliphatic hydroxyl groups excluding tert-OH is 1. The molecule has 0 saturated heterocycles. The Kier molecular flexibility index (Phi) is 8.34. The number of alkyl halides is 3. The van der Waals surface area contributed by atoms with Crippen molar-refractivity contribution in [3.63, 3.8) is 0 Å². The van der Waals surface area contributed by atoms with Crippen LogP contribution in [0.4, 0.5) is 13.2 Å². The monoisotopic (exact) mass is 434 g/mol. The lowest BCUT2D eigenvalue weighted by Gasteiger charge is -2.27. The Morgan fingerprint density at radius 1 is 1.03 bits per heavy atom. The van der Waals surface area contributed by atoms with Crippen molar-refractivity contribution in [3.05, 3.63) is 35.4 Å². The summed E-state index contributed by atoms with van der Waals surface area (Å²) < 4.78 is 46.9. The summed E-state index contributed by atoms with van der Waals surface area (Å²) in [6.07, 6.45) is -6.55. The molecule has 4 N–H and O–H groups in total. The zero-order chi connectivity index (χ0) is 23.2. The average Bonchev–Trinajstić information content (AvgIpc) is 2.69. The SMILES string of the molecule is COC(=O)C(C(=O)OC)[C@H](C)[C@H](NC(=O)[C@@H](O)c1ccc(C(F)(F)F)cc1)C(N)=O. The van der Waals surface area contributed by atoms with E-state index < -0.39 is 59.5 Å². The minimum atomic E-state index is -4.60. The molecule has 0 unspecified atom stereocenters. The van der Waals surface area contributed by atoms with Gasteiger partial charge in [0.1, 0.15) is 6.04 Å². The van der Waals surface area contributed by atoms with Gasteiger partial charge in [-0.2, -0.15) is 13.2 Å². The number of amides is 2. The number of aliphatic hydroxyl groups is 1. The smallest absolute Gasteiger partial charge is 0.416 e. The van der Waals surface area contributed by atoms with Crippen LogP contribution in [0.1, 0.15) is 24.2 Å². The van der Waals surface area contributed by atoms with E-state index in [1.807, 2.05) is 0 Å². The summed E-state index contributed by atoms with van der Waals surface area (Å²) in [6, 6.07) is 1.52. The zero-order valence-electron chi connectivity index (χ0n) is 16.2. The van der Waals surface area contributed by atoms with Crippen molar-refractivity contribution in [1.29, 1.82) is 0 Å². The number of hydrogen-bond acceptors (Lipinski definition) is 7. The minimum Gasteiger partial charge on any atom is -0.468 e. The van der Waals surface area contributed by atoms with E-state index in [2.05, 4.69) is 14.8 Å². The first-order valence-corrected chi connectivity index (χ1v) is 8.45. The van der Waals surface area contributed by atoms with Crippen LogP contribution in [0.25, 0.3) is 0 Å². The molecule has 1 aromatic carbocycles. The van der Waals surface area contributed by atoms with Gasteiger partial charge < -0.3 is 25.6 Å². The van der Waals surface area contributed by atoms with Gasteiger partial charge in [0.15, 0.2) is 12.0 Å². The molecular weight excluding hydrogens is 413 g/mol. The third-order valence-corrected chi connectivity index (χ3v) is 4.37. The van der Waals surface area contributed by atoms with Crippen molar-refractivity contribution in [3.8, 4) is 0 Å².